The molecule has 0 aliphatic carbocycles. The van der Waals surface area contributed by atoms with Crippen LogP contribution in [0.5, 0.6) is 5.75 Å². The molecular formula is C15H16N6O2. The number of para-hydroxylation sites is 2. The third-order valence-corrected chi connectivity index (χ3v) is 3.06. The summed E-state index contributed by atoms with van der Waals surface area (Å²) in [4.78, 5) is 22.5. The van der Waals surface area contributed by atoms with Crippen molar-refractivity contribution in [2.75, 3.05) is 12.4 Å². The number of hydrogen-bond acceptors (Lipinski definition) is 5. The second-order valence-corrected chi connectivity index (χ2v) is 4.61. The monoisotopic (exact) mass is 312 g/mol. The van der Waals surface area contributed by atoms with Crippen molar-refractivity contribution >= 4 is 17.6 Å². The van der Waals surface area contributed by atoms with E-state index in [4.69, 9.17) is 15.7 Å². The Morgan fingerprint density at radius 3 is 2.91 bits per heavy atom. The minimum absolute atomic E-state index is 0.00684. The lowest BCUT2D eigenvalue weighted by atomic mass is 10.2. The number of methoxy groups -OCH3 is 1. The van der Waals surface area contributed by atoms with Gasteiger partial charge in [-0.25, -0.2) is 4.98 Å². The Labute approximate surface area is 132 Å². The quantitative estimate of drug-likeness (QED) is 0.575. The number of nitrogens with one attached hydrogen (secondary N) is 2. The lowest BCUT2D eigenvalue weighted by Gasteiger charge is -2.10. The van der Waals surface area contributed by atoms with Crippen molar-refractivity contribution in [3.05, 3.63) is 45.9 Å². The van der Waals surface area contributed by atoms with E-state index in [1.54, 1.807) is 26.2 Å². The van der Waals surface area contributed by atoms with Gasteiger partial charge < -0.3 is 15.8 Å². The molecule has 2 aromatic rings. The number of ether oxygens (including phenoxy) is 1. The van der Waals surface area contributed by atoms with Crippen LogP contribution in [0.1, 0.15) is 11.3 Å². The number of nitrogens with zero attached hydrogens (tertiary/aromatic N) is 3. The molecule has 0 radical (unpaired) electrons. The Bertz CT molecular complexity index is 835. The highest BCUT2D eigenvalue weighted by Gasteiger charge is 2.08. The molecule has 118 valence electrons. The molecule has 8 heteroatoms. The number of anilines is 1. The molecule has 0 amide bonds. The maximum atomic E-state index is 11.9. The second kappa shape index (κ2) is 7.09. The lowest BCUT2D eigenvalue weighted by Crippen LogP contribution is -2.23. The first-order chi connectivity index (χ1) is 11.0. The van der Waals surface area contributed by atoms with Gasteiger partial charge in [-0.1, -0.05) is 12.1 Å². The highest BCUT2D eigenvalue weighted by molar-refractivity contribution is 5.94. The summed E-state index contributed by atoms with van der Waals surface area (Å²) < 4.78 is 5.20. The molecule has 23 heavy (non-hydrogen) atoms. The number of H-pyrrole nitrogens is 1. The molecule has 0 saturated carbocycles. The van der Waals surface area contributed by atoms with Gasteiger partial charge in [0.05, 0.1) is 36.5 Å². The largest absolute Gasteiger partial charge is 0.495 e. The molecule has 0 fully saturated rings. The molecule has 1 heterocycles. The van der Waals surface area contributed by atoms with Crippen molar-refractivity contribution < 1.29 is 4.74 Å². The molecule has 2 rings (SSSR count). The Balaban J connectivity index is 2.28. The minimum atomic E-state index is -0.400. The number of aryl methyl sites for hydroxylation is 1. The van der Waals surface area contributed by atoms with Crippen LogP contribution >= 0.6 is 0 Å². The lowest BCUT2D eigenvalue weighted by molar-refractivity contribution is 0.417. The number of aromatic nitrogens is 2. The summed E-state index contributed by atoms with van der Waals surface area (Å²) >= 11 is 0. The number of hydrogen-bond donors (Lipinski definition) is 3. The summed E-state index contributed by atoms with van der Waals surface area (Å²) in [5, 5.41) is 11.6. The predicted octanol–water partition coefficient (Wildman–Crippen LogP) is 1.21. The maximum Gasteiger partial charge on any atom is 0.256 e. The number of aliphatic imine (C=N–C) groups is 1. The SMILES string of the molecule is COc1ccccc1NC(N)=Nc1nc(C)c(CC#N)c(=O)[nH]1. The molecule has 0 unspecified atom stereocenters. The molecule has 0 aliphatic rings. The maximum absolute atomic E-state index is 11.9. The van der Waals surface area contributed by atoms with Crippen LogP contribution in [0.2, 0.25) is 0 Å². The average molecular weight is 312 g/mol. The third-order valence-electron chi connectivity index (χ3n) is 3.06. The van der Waals surface area contributed by atoms with Gasteiger partial charge in [-0.2, -0.15) is 10.3 Å². The smallest absolute Gasteiger partial charge is 0.256 e. The van der Waals surface area contributed by atoms with Crippen LogP contribution in [0.25, 0.3) is 0 Å². The molecule has 0 atom stereocenters. The first-order valence-corrected chi connectivity index (χ1v) is 6.76. The number of nitrogens with two attached hydrogens (primary N) is 1. The van der Waals surface area contributed by atoms with E-state index in [1.807, 2.05) is 18.2 Å². The predicted molar refractivity (Wildman–Crippen MR) is 86.8 cm³/mol. The highest BCUT2D eigenvalue weighted by Crippen LogP contribution is 2.22. The molecule has 0 aliphatic heterocycles. The Morgan fingerprint density at radius 1 is 1.52 bits per heavy atom. The number of nitriles is 1. The molecule has 4 N–H and O–H groups in total. The van der Waals surface area contributed by atoms with Crippen LogP contribution in [0, 0.1) is 18.3 Å². The molecule has 1 aromatic carbocycles. The second-order valence-electron chi connectivity index (χ2n) is 4.61. The molecule has 0 spiro atoms. The first-order valence-electron chi connectivity index (χ1n) is 6.76. The van der Waals surface area contributed by atoms with E-state index in [1.165, 1.54) is 0 Å². The molecule has 0 bridgehead atoms. The summed E-state index contributed by atoms with van der Waals surface area (Å²) in [7, 11) is 1.55. The van der Waals surface area contributed by atoms with Crippen LogP contribution in [-0.2, 0) is 6.42 Å². The fourth-order valence-electron chi connectivity index (χ4n) is 1.96. The Hall–Kier alpha value is -3.34. The van der Waals surface area contributed by atoms with E-state index in [0.717, 1.165) is 0 Å². The van der Waals surface area contributed by atoms with Crippen LogP contribution in [0.4, 0.5) is 11.6 Å². The zero-order valence-electron chi connectivity index (χ0n) is 12.8. The summed E-state index contributed by atoms with van der Waals surface area (Å²) in [5.74, 6) is 0.715. The van der Waals surface area contributed by atoms with Gasteiger partial charge in [-0.15, -0.1) is 0 Å². The standard InChI is InChI=1S/C15H16N6O2/c1-9-10(7-8-16)13(22)20-15(18-9)21-14(17)19-11-5-3-4-6-12(11)23-2/h3-6H,7H2,1-2H3,(H4,17,18,19,20,21,22). The average Bonchev–Trinajstić information content (AvgIpc) is 2.51. The van der Waals surface area contributed by atoms with Gasteiger partial charge in [0.1, 0.15) is 5.75 Å². The van der Waals surface area contributed by atoms with Crippen LogP contribution < -0.4 is 21.3 Å². The zero-order chi connectivity index (χ0) is 16.8. The molecule has 0 saturated heterocycles. The zero-order valence-corrected chi connectivity index (χ0v) is 12.8. The number of rotatable bonds is 4. The molecule has 1 aromatic heterocycles. The summed E-state index contributed by atoms with van der Waals surface area (Å²) in [6.07, 6.45) is -0.00684. The van der Waals surface area contributed by atoms with Crippen LogP contribution in [-0.4, -0.2) is 23.0 Å². The van der Waals surface area contributed by atoms with Crippen molar-refractivity contribution in [2.24, 2.45) is 10.7 Å². The number of aromatic amines is 1. The fraction of sp³-hybridized carbons (Fsp3) is 0.200. The van der Waals surface area contributed by atoms with Gasteiger partial charge in [0, 0.05) is 0 Å². The normalized spacial score (nSPS) is 10.9. The first kappa shape index (κ1) is 16.0. The van der Waals surface area contributed by atoms with Crippen LogP contribution in [0.15, 0.2) is 34.1 Å². The number of guanidine groups is 1. The van der Waals surface area contributed by atoms with Crippen molar-refractivity contribution in [2.45, 2.75) is 13.3 Å². The van der Waals surface area contributed by atoms with Crippen LogP contribution in [0.3, 0.4) is 0 Å². The van der Waals surface area contributed by atoms with Gasteiger partial charge in [0.15, 0.2) is 0 Å². The summed E-state index contributed by atoms with van der Waals surface area (Å²) in [6, 6.07) is 9.12. The van der Waals surface area contributed by atoms with E-state index < -0.39 is 5.56 Å². The highest BCUT2D eigenvalue weighted by atomic mass is 16.5. The van der Waals surface area contributed by atoms with Gasteiger partial charge in [0.25, 0.3) is 5.56 Å². The van der Waals surface area contributed by atoms with E-state index in [2.05, 4.69) is 20.3 Å². The minimum Gasteiger partial charge on any atom is -0.495 e. The summed E-state index contributed by atoms with van der Waals surface area (Å²) in [5.41, 5.74) is 6.83. The van der Waals surface area contributed by atoms with Gasteiger partial charge in [-0.05, 0) is 19.1 Å². The molecule has 8 nitrogen and oxygen atoms in total. The van der Waals surface area contributed by atoms with Crippen molar-refractivity contribution in [1.82, 2.24) is 9.97 Å². The van der Waals surface area contributed by atoms with E-state index in [0.29, 0.717) is 22.7 Å². The third kappa shape index (κ3) is 3.85. The van der Waals surface area contributed by atoms with Gasteiger partial charge in [0.2, 0.25) is 11.9 Å². The van der Waals surface area contributed by atoms with E-state index in [-0.39, 0.29) is 18.3 Å². The molecular weight excluding hydrogens is 296 g/mol. The van der Waals surface area contributed by atoms with E-state index in [9.17, 15) is 4.79 Å². The number of benzene rings is 1. The Morgan fingerprint density at radius 2 is 2.26 bits per heavy atom. The Kier molecular flexibility index (Phi) is 4.94. The van der Waals surface area contributed by atoms with Crippen molar-refractivity contribution in [3.63, 3.8) is 0 Å². The summed E-state index contributed by atoms with van der Waals surface area (Å²) in [6.45, 7) is 1.64. The van der Waals surface area contributed by atoms with E-state index >= 15 is 0 Å². The van der Waals surface area contributed by atoms with Crippen molar-refractivity contribution in [1.29, 1.82) is 5.26 Å². The topological polar surface area (TPSA) is 129 Å². The van der Waals surface area contributed by atoms with Gasteiger partial charge in [-0.3, -0.25) is 9.78 Å². The fourth-order valence-corrected chi connectivity index (χ4v) is 1.96. The van der Waals surface area contributed by atoms with Gasteiger partial charge >= 0.3 is 0 Å². The van der Waals surface area contributed by atoms with Crippen molar-refractivity contribution in [3.8, 4) is 11.8 Å².